The summed E-state index contributed by atoms with van der Waals surface area (Å²) in [7, 11) is 1.65. The van der Waals surface area contributed by atoms with E-state index in [-0.39, 0.29) is 12.0 Å². The molecule has 1 aliphatic heterocycles. The molecule has 6 heteroatoms. The Hall–Kier alpha value is -2.05. The smallest absolute Gasteiger partial charge is 0.252 e. The second-order valence-corrected chi connectivity index (χ2v) is 8.79. The van der Waals surface area contributed by atoms with Crippen LogP contribution < -0.4 is 9.47 Å². The Bertz CT molecular complexity index is 795. The van der Waals surface area contributed by atoms with Crippen molar-refractivity contribution < 1.29 is 19.0 Å². The third-order valence-electron chi connectivity index (χ3n) is 5.78. The molecule has 29 heavy (non-hydrogen) atoms. The molecule has 0 bridgehead atoms. The van der Waals surface area contributed by atoms with Gasteiger partial charge in [-0.25, -0.2) is 0 Å². The normalized spacial score (nSPS) is 19.4. The zero-order chi connectivity index (χ0) is 20.1. The molecule has 156 valence electrons. The van der Waals surface area contributed by atoms with E-state index in [0.29, 0.717) is 37.3 Å². The van der Waals surface area contributed by atoms with Crippen molar-refractivity contribution in [3.63, 3.8) is 0 Å². The minimum Gasteiger partial charge on any atom is -0.493 e. The topological polar surface area (TPSA) is 48.0 Å². The van der Waals surface area contributed by atoms with Crippen LogP contribution in [0.15, 0.2) is 35.7 Å². The second kappa shape index (κ2) is 9.63. The summed E-state index contributed by atoms with van der Waals surface area (Å²) < 4.78 is 17.2. The lowest BCUT2D eigenvalue weighted by atomic mass is 10.1. The molecule has 0 spiro atoms. The summed E-state index contributed by atoms with van der Waals surface area (Å²) in [6, 6.07) is 10.4. The molecule has 1 aromatic heterocycles. The maximum atomic E-state index is 13.2. The summed E-state index contributed by atoms with van der Waals surface area (Å²) in [5, 5.41) is 2.04. The van der Waals surface area contributed by atoms with Crippen molar-refractivity contribution in [2.45, 2.75) is 63.8 Å². The first kappa shape index (κ1) is 20.2. The average molecular weight is 416 g/mol. The van der Waals surface area contributed by atoms with Crippen LogP contribution >= 0.6 is 11.3 Å². The number of hydrogen-bond acceptors (Lipinski definition) is 5. The molecule has 1 unspecified atom stereocenters. The zero-order valence-corrected chi connectivity index (χ0v) is 17.8. The third kappa shape index (κ3) is 4.93. The van der Waals surface area contributed by atoms with Gasteiger partial charge in [-0.1, -0.05) is 25.0 Å². The van der Waals surface area contributed by atoms with E-state index < -0.39 is 0 Å². The fourth-order valence-corrected chi connectivity index (χ4v) is 4.85. The van der Waals surface area contributed by atoms with Crippen molar-refractivity contribution >= 4 is 17.2 Å². The summed E-state index contributed by atoms with van der Waals surface area (Å²) >= 11 is 1.67. The van der Waals surface area contributed by atoms with Crippen molar-refractivity contribution in [3.8, 4) is 11.5 Å². The quantitative estimate of drug-likeness (QED) is 0.622. The number of ether oxygens (including phenoxy) is 3. The minimum atomic E-state index is -0.275. The number of amides is 1. The summed E-state index contributed by atoms with van der Waals surface area (Å²) in [6.45, 7) is 1.79. The highest BCUT2D eigenvalue weighted by Crippen LogP contribution is 2.32. The number of benzene rings is 1. The lowest BCUT2D eigenvalue weighted by Gasteiger charge is -2.31. The highest BCUT2D eigenvalue weighted by molar-refractivity contribution is 7.09. The molecule has 2 aliphatic rings. The number of rotatable bonds is 8. The Morgan fingerprint density at radius 1 is 1.17 bits per heavy atom. The molecule has 0 radical (unpaired) electrons. The van der Waals surface area contributed by atoms with Crippen LogP contribution in [0.25, 0.3) is 0 Å². The molecule has 1 aliphatic carbocycles. The predicted molar refractivity (Wildman–Crippen MR) is 113 cm³/mol. The van der Waals surface area contributed by atoms with Gasteiger partial charge in [0.1, 0.15) is 12.7 Å². The number of hydrogen-bond donors (Lipinski definition) is 0. The maximum Gasteiger partial charge on any atom is 0.252 e. The van der Waals surface area contributed by atoms with Crippen molar-refractivity contribution in [3.05, 3.63) is 46.2 Å². The van der Waals surface area contributed by atoms with E-state index in [1.54, 1.807) is 18.4 Å². The van der Waals surface area contributed by atoms with E-state index >= 15 is 0 Å². The van der Waals surface area contributed by atoms with Gasteiger partial charge in [0, 0.05) is 24.1 Å². The number of carbonyl (C=O) groups is 1. The third-order valence-corrected chi connectivity index (χ3v) is 6.63. The van der Waals surface area contributed by atoms with Gasteiger partial charge in [0.25, 0.3) is 5.91 Å². The molecule has 1 saturated carbocycles. The van der Waals surface area contributed by atoms with Crippen LogP contribution in [0, 0.1) is 0 Å². The van der Waals surface area contributed by atoms with Gasteiger partial charge in [-0.3, -0.25) is 4.79 Å². The molecular formula is C23H29NO4S. The van der Waals surface area contributed by atoms with Crippen LogP contribution in [0.3, 0.4) is 0 Å². The lowest BCUT2D eigenvalue weighted by Crippen LogP contribution is -2.44. The van der Waals surface area contributed by atoms with Crippen molar-refractivity contribution in [1.82, 2.24) is 4.90 Å². The largest absolute Gasteiger partial charge is 0.493 e. The molecule has 2 aromatic rings. The highest BCUT2D eigenvalue weighted by Gasteiger charge is 2.33. The van der Waals surface area contributed by atoms with Gasteiger partial charge in [-0.15, -0.1) is 11.3 Å². The average Bonchev–Trinajstić information content (AvgIpc) is 3.52. The molecule has 2 heterocycles. The lowest BCUT2D eigenvalue weighted by molar-refractivity contribution is -0.144. The van der Waals surface area contributed by atoms with Crippen molar-refractivity contribution in [1.29, 1.82) is 0 Å². The summed E-state index contributed by atoms with van der Waals surface area (Å²) in [5.74, 6) is 1.57. The Balaban J connectivity index is 1.51. The number of carbonyl (C=O) groups excluding carboxylic acids is 1. The van der Waals surface area contributed by atoms with Gasteiger partial charge < -0.3 is 19.1 Å². The molecular weight excluding hydrogens is 386 g/mol. The monoisotopic (exact) mass is 415 g/mol. The molecule has 0 N–H and O–H groups in total. The van der Waals surface area contributed by atoms with Crippen LogP contribution in [-0.2, 0) is 22.7 Å². The van der Waals surface area contributed by atoms with Gasteiger partial charge in [-0.05, 0) is 54.8 Å². The Kier molecular flexibility index (Phi) is 6.72. The molecule has 1 atom stereocenters. The Morgan fingerprint density at radius 2 is 2.03 bits per heavy atom. The van der Waals surface area contributed by atoms with E-state index in [2.05, 4.69) is 6.07 Å². The number of methoxy groups -OCH3 is 1. The second-order valence-electron chi connectivity index (χ2n) is 7.76. The van der Waals surface area contributed by atoms with Crippen LogP contribution in [0.1, 0.15) is 49.0 Å². The van der Waals surface area contributed by atoms with E-state index in [1.165, 1.54) is 17.7 Å². The molecule has 1 saturated heterocycles. The van der Waals surface area contributed by atoms with Gasteiger partial charge in [0.05, 0.1) is 7.11 Å². The van der Waals surface area contributed by atoms with Crippen LogP contribution in [0.4, 0.5) is 0 Å². The molecule has 1 aromatic carbocycles. The first-order valence-electron chi connectivity index (χ1n) is 10.5. The molecule has 1 amide bonds. The van der Waals surface area contributed by atoms with Gasteiger partial charge in [0.2, 0.25) is 0 Å². The fourth-order valence-electron chi connectivity index (χ4n) is 4.23. The molecule has 4 rings (SSSR count). The van der Waals surface area contributed by atoms with Gasteiger partial charge in [0.15, 0.2) is 11.5 Å². The van der Waals surface area contributed by atoms with Gasteiger partial charge in [-0.2, -0.15) is 0 Å². The first-order valence-corrected chi connectivity index (χ1v) is 11.4. The van der Waals surface area contributed by atoms with Gasteiger partial charge >= 0.3 is 0 Å². The molecule has 2 fully saturated rings. The standard InChI is InChI=1S/C23H29NO4S/c1-26-20-11-10-17(14-22(20)28-16-19-8-5-13-29-19)15-24(18-6-2-3-7-18)23(25)21-9-4-12-27-21/h5,8,10-11,13-14,18,21H,2-4,6-7,9,12,15-16H2,1H3. The summed E-state index contributed by atoms with van der Waals surface area (Å²) in [5.41, 5.74) is 1.06. The predicted octanol–water partition coefficient (Wildman–Crippen LogP) is 4.79. The van der Waals surface area contributed by atoms with E-state index in [0.717, 1.165) is 31.2 Å². The number of thiophene rings is 1. The summed E-state index contributed by atoms with van der Waals surface area (Å²) in [6.07, 6.45) is 6.07. The maximum absolute atomic E-state index is 13.2. The van der Waals surface area contributed by atoms with E-state index in [1.807, 2.05) is 34.5 Å². The number of nitrogens with zero attached hydrogens (tertiary/aromatic N) is 1. The molecule has 5 nitrogen and oxygen atoms in total. The Morgan fingerprint density at radius 3 is 2.72 bits per heavy atom. The SMILES string of the molecule is COc1ccc(CN(C(=O)C2CCCO2)C2CCCC2)cc1OCc1cccs1. The minimum absolute atomic E-state index is 0.145. The fraction of sp³-hybridized carbons (Fsp3) is 0.522. The van der Waals surface area contributed by atoms with Crippen molar-refractivity contribution in [2.75, 3.05) is 13.7 Å². The van der Waals surface area contributed by atoms with Crippen LogP contribution in [0.2, 0.25) is 0 Å². The van der Waals surface area contributed by atoms with Crippen LogP contribution in [-0.4, -0.2) is 36.7 Å². The van der Waals surface area contributed by atoms with Crippen LogP contribution in [0.5, 0.6) is 11.5 Å². The highest BCUT2D eigenvalue weighted by atomic mass is 32.1. The van der Waals surface area contributed by atoms with Crippen molar-refractivity contribution in [2.24, 2.45) is 0 Å². The first-order chi connectivity index (χ1) is 14.2. The van der Waals surface area contributed by atoms with E-state index in [4.69, 9.17) is 14.2 Å². The zero-order valence-electron chi connectivity index (χ0n) is 17.0. The summed E-state index contributed by atoms with van der Waals surface area (Å²) in [4.78, 5) is 16.4. The van der Waals surface area contributed by atoms with E-state index in [9.17, 15) is 4.79 Å². The Labute approximate surface area is 176 Å².